The van der Waals surface area contributed by atoms with Gasteiger partial charge in [0, 0.05) is 30.5 Å². The summed E-state index contributed by atoms with van der Waals surface area (Å²) in [5.41, 5.74) is 4.43. The van der Waals surface area contributed by atoms with Crippen LogP contribution in [-0.4, -0.2) is 30.9 Å². The molecule has 1 aromatic carbocycles. The lowest BCUT2D eigenvalue weighted by Gasteiger charge is -2.27. The monoisotopic (exact) mass is 478 g/mol. The van der Waals surface area contributed by atoms with E-state index in [1.54, 1.807) is 15.6 Å². The van der Waals surface area contributed by atoms with Gasteiger partial charge in [0.05, 0.1) is 17.2 Å². The van der Waals surface area contributed by atoms with Crippen molar-refractivity contribution in [2.45, 2.75) is 56.5 Å². The number of benzene rings is 1. The van der Waals surface area contributed by atoms with Crippen LogP contribution in [0.5, 0.6) is 0 Å². The largest absolute Gasteiger partial charge is 0.324 e. The van der Waals surface area contributed by atoms with E-state index in [0.717, 1.165) is 37.2 Å². The van der Waals surface area contributed by atoms with E-state index in [1.807, 2.05) is 25.1 Å². The molecule has 2 saturated carbocycles. The second-order valence-electron chi connectivity index (χ2n) is 10.1. The molecule has 3 aromatic heterocycles. The second kappa shape index (κ2) is 7.48. The number of fused-ring (bicyclic) bond motifs is 3. The van der Waals surface area contributed by atoms with Crippen LogP contribution in [0, 0.1) is 11.3 Å². The van der Waals surface area contributed by atoms with Gasteiger partial charge in [-0.15, -0.1) is 0 Å². The molecule has 36 heavy (non-hydrogen) atoms. The fourth-order valence-corrected chi connectivity index (χ4v) is 5.54. The summed E-state index contributed by atoms with van der Waals surface area (Å²) in [5.74, 6) is 0.995. The van der Waals surface area contributed by atoms with E-state index < -0.39 is 5.41 Å². The van der Waals surface area contributed by atoms with E-state index in [9.17, 15) is 10.1 Å². The normalized spacial score (nSPS) is 18.6. The van der Waals surface area contributed by atoms with Gasteiger partial charge in [-0.25, -0.2) is 19.3 Å². The highest BCUT2D eigenvalue weighted by Gasteiger charge is 2.47. The van der Waals surface area contributed by atoms with Crippen LogP contribution in [0.1, 0.15) is 49.4 Å². The summed E-state index contributed by atoms with van der Waals surface area (Å²) in [6.45, 7) is 3.36. The highest BCUT2D eigenvalue weighted by Crippen LogP contribution is 2.49. The SMILES string of the molecule is CCn1c(=O)c2cnc(Nc3ccc4c(c3)CCNC43CC3)nc2n1-c1cccc(C2(C#N)CC2)n1. The summed E-state index contributed by atoms with van der Waals surface area (Å²) in [7, 11) is 0. The molecule has 2 fully saturated rings. The van der Waals surface area contributed by atoms with E-state index in [1.165, 1.54) is 24.0 Å². The highest BCUT2D eigenvalue weighted by atomic mass is 16.1. The predicted octanol–water partition coefficient (Wildman–Crippen LogP) is 3.43. The van der Waals surface area contributed by atoms with Crippen molar-refractivity contribution in [1.29, 1.82) is 5.26 Å². The molecule has 1 aliphatic heterocycles. The van der Waals surface area contributed by atoms with Crippen molar-refractivity contribution in [1.82, 2.24) is 29.6 Å². The lowest BCUT2D eigenvalue weighted by atomic mass is 9.92. The number of rotatable bonds is 5. The molecule has 4 aromatic rings. The summed E-state index contributed by atoms with van der Waals surface area (Å²) in [6, 6.07) is 14.5. The maximum absolute atomic E-state index is 13.2. The molecule has 9 heteroatoms. The Morgan fingerprint density at radius 1 is 1.17 bits per heavy atom. The molecule has 0 bridgehead atoms. The topological polar surface area (TPSA) is 113 Å². The fraction of sp³-hybridized carbons (Fsp3) is 0.370. The molecule has 3 aliphatic rings. The molecule has 0 saturated heterocycles. The van der Waals surface area contributed by atoms with Crippen LogP contribution in [-0.2, 0) is 23.9 Å². The van der Waals surface area contributed by atoms with Gasteiger partial charge < -0.3 is 10.6 Å². The zero-order valence-electron chi connectivity index (χ0n) is 20.1. The number of anilines is 2. The van der Waals surface area contributed by atoms with Gasteiger partial charge in [-0.1, -0.05) is 12.1 Å². The summed E-state index contributed by atoms with van der Waals surface area (Å²) >= 11 is 0. The second-order valence-corrected chi connectivity index (χ2v) is 10.1. The molecular formula is C27H26N8O. The highest BCUT2D eigenvalue weighted by molar-refractivity contribution is 5.77. The molecule has 1 spiro atoms. The first kappa shape index (κ1) is 21.3. The summed E-state index contributed by atoms with van der Waals surface area (Å²) in [5, 5.41) is 17.1. The third-order valence-electron chi connectivity index (χ3n) is 7.87. The van der Waals surface area contributed by atoms with Crippen molar-refractivity contribution >= 4 is 22.7 Å². The van der Waals surface area contributed by atoms with Crippen LogP contribution in [0.2, 0.25) is 0 Å². The van der Waals surface area contributed by atoms with Gasteiger partial charge in [-0.05, 0) is 74.4 Å². The van der Waals surface area contributed by atoms with Gasteiger partial charge >= 0.3 is 0 Å². The van der Waals surface area contributed by atoms with E-state index in [0.29, 0.717) is 29.3 Å². The summed E-state index contributed by atoms with van der Waals surface area (Å²) < 4.78 is 3.36. The lowest BCUT2D eigenvalue weighted by molar-refractivity contribution is 0.490. The van der Waals surface area contributed by atoms with E-state index in [4.69, 9.17) is 9.97 Å². The molecule has 0 radical (unpaired) electrons. The first-order valence-electron chi connectivity index (χ1n) is 12.6. The van der Waals surface area contributed by atoms with Gasteiger partial charge in [0.25, 0.3) is 5.56 Å². The zero-order chi connectivity index (χ0) is 24.5. The van der Waals surface area contributed by atoms with Crippen molar-refractivity contribution in [3.8, 4) is 11.9 Å². The Balaban J connectivity index is 1.30. The average molecular weight is 479 g/mol. The quantitative estimate of drug-likeness (QED) is 0.452. The fourth-order valence-electron chi connectivity index (χ4n) is 5.54. The molecule has 0 unspecified atom stereocenters. The van der Waals surface area contributed by atoms with E-state index >= 15 is 0 Å². The third kappa shape index (κ3) is 3.11. The van der Waals surface area contributed by atoms with Crippen molar-refractivity contribution in [2.24, 2.45) is 0 Å². The molecular weight excluding hydrogens is 452 g/mol. The van der Waals surface area contributed by atoms with Crippen LogP contribution in [0.25, 0.3) is 16.9 Å². The number of aromatic nitrogens is 5. The van der Waals surface area contributed by atoms with Gasteiger partial charge in [-0.2, -0.15) is 10.2 Å². The first-order chi connectivity index (χ1) is 17.6. The summed E-state index contributed by atoms with van der Waals surface area (Å²) in [4.78, 5) is 27.2. The van der Waals surface area contributed by atoms with Crippen LogP contribution in [0.4, 0.5) is 11.6 Å². The molecule has 0 amide bonds. The van der Waals surface area contributed by atoms with Crippen LogP contribution < -0.4 is 16.2 Å². The molecule has 2 N–H and O–H groups in total. The minimum absolute atomic E-state index is 0.163. The Bertz CT molecular complexity index is 1630. The minimum atomic E-state index is -0.515. The van der Waals surface area contributed by atoms with Crippen molar-refractivity contribution in [3.63, 3.8) is 0 Å². The van der Waals surface area contributed by atoms with Gasteiger partial charge in [0.15, 0.2) is 11.5 Å². The van der Waals surface area contributed by atoms with Gasteiger partial charge in [0.2, 0.25) is 5.95 Å². The Kier molecular flexibility index (Phi) is 4.42. The first-order valence-corrected chi connectivity index (χ1v) is 12.6. The number of nitrogens with zero attached hydrogens (tertiary/aromatic N) is 6. The standard InChI is InChI=1S/C27H26N8O/c1-2-34-24(36)19-15-29-25(31-18-6-7-20-17(14-18)8-13-30-27(20)11-12-27)33-23(19)35(34)22-5-3-4-21(32-22)26(16-28)9-10-26/h3-7,14-15,30H,2,8-13H2,1H3,(H,29,31,33). The molecule has 7 rings (SSSR count). The molecule has 4 heterocycles. The number of nitrogens with one attached hydrogen (secondary N) is 2. The van der Waals surface area contributed by atoms with Crippen LogP contribution >= 0.6 is 0 Å². The minimum Gasteiger partial charge on any atom is -0.324 e. The average Bonchev–Trinajstić information content (AvgIpc) is 3.83. The molecule has 2 aliphatic carbocycles. The molecule has 0 atom stereocenters. The summed E-state index contributed by atoms with van der Waals surface area (Å²) in [6.07, 6.45) is 6.59. The van der Waals surface area contributed by atoms with Crippen molar-refractivity contribution in [3.05, 3.63) is 69.8 Å². The Morgan fingerprint density at radius 2 is 2.03 bits per heavy atom. The van der Waals surface area contributed by atoms with Crippen molar-refractivity contribution in [2.75, 3.05) is 11.9 Å². The van der Waals surface area contributed by atoms with E-state index in [-0.39, 0.29) is 11.1 Å². The maximum atomic E-state index is 13.2. The molecule has 9 nitrogen and oxygen atoms in total. The maximum Gasteiger partial charge on any atom is 0.278 e. The third-order valence-corrected chi connectivity index (χ3v) is 7.87. The Labute approximate surface area is 207 Å². The number of hydrogen-bond donors (Lipinski definition) is 2. The number of nitriles is 1. The van der Waals surface area contributed by atoms with Gasteiger partial charge in [-0.3, -0.25) is 4.79 Å². The number of pyridine rings is 1. The van der Waals surface area contributed by atoms with Gasteiger partial charge in [0.1, 0.15) is 5.39 Å². The predicted molar refractivity (Wildman–Crippen MR) is 135 cm³/mol. The zero-order valence-corrected chi connectivity index (χ0v) is 20.1. The number of hydrogen-bond acceptors (Lipinski definition) is 7. The molecule has 180 valence electrons. The Morgan fingerprint density at radius 3 is 2.78 bits per heavy atom. The van der Waals surface area contributed by atoms with Crippen LogP contribution in [0.3, 0.4) is 0 Å². The van der Waals surface area contributed by atoms with E-state index in [2.05, 4.69) is 39.9 Å². The van der Waals surface area contributed by atoms with Crippen LogP contribution in [0.15, 0.2) is 47.4 Å². The smallest absolute Gasteiger partial charge is 0.278 e. The van der Waals surface area contributed by atoms with Crippen molar-refractivity contribution < 1.29 is 0 Å². The Hall–Kier alpha value is -4.03. The lowest BCUT2D eigenvalue weighted by Crippen LogP contribution is -2.36.